The zero-order chi connectivity index (χ0) is 12.4. The van der Waals surface area contributed by atoms with E-state index >= 15 is 0 Å². The summed E-state index contributed by atoms with van der Waals surface area (Å²) in [6.07, 6.45) is 4.25. The number of hydrogen-bond acceptors (Lipinski definition) is 2. The summed E-state index contributed by atoms with van der Waals surface area (Å²) in [5.74, 6) is 0.926. The maximum atomic E-state index is 4.53. The summed E-state index contributed by atoms with van der Waals surface area (Å²) in [5.41, 5.74) is 3.53. The van der Waals surface area contributed by atoms with Crippen LogP contribution in [0.3, 0.4) is 0 Å². The Balaban J connectivity index is 1.66. The van der Waals surface area contributed by atoms with Crippen molar-refractivity contribution in [2.24, 2.45) is 5.92 Å². The van der Waals surface area contributed by atoms with Gasteiger partial charge in [-0.25, -0.2) is 0 Å². The molecule has 1 heterocycles. The number of aromatic nitrogens is 1. The molecule has 0 saturated heterocycles. The zero-order valence-corrected chi connectivity index (χ0v) is 10.9. The van der Waals surface area contributed by atoms with Gasteiger partial charge >= 0.3 is 0 Å². The summed E-state index contributed by atoms with van der Waals surface area (Å²) in [7, 11) is 0. The van der Waals surface area contributed by atoms with Crippen molar-refractivity contribution < 1.29 is 0 Å². The van der Waals surface area contributed by atoms with Crippen LogP contribution in [-0.2, 0) is 6.54 Å². The highest BCUT2D eigenvalue weighted by molar-refractivity contribution is 5.79. The van der Waals surface area contributed by atoms with Gasteiger partial charge in [0.05, 0.1) is 5.52 Å². The Labute approximate surface area is 108 Å². The Morgan fingerprint density at radius 1 is 1.22 bits per heavy atom. The lowest BCUT2D eigenvalue weighted by Crippen LogP contribution is -2.26. The average Bonchev–Trinajstić information content (AvgIpc) is 2.32. The van der Waals surface area contributed by atoms with Crippen molar-refractivity contribution in [1.82, 2.24) is 10.3 Å². The first-order chi connectivity index (χ1) is 8.81. The van der Waals surface area contributed by atoms with Crippen LogP contribution >= 0.6 is 0 Å². The fourth-order valence-corrected chi connectivity index (χ4v) is 2.50. The van der Waals surface area contributed by atoms with E-state index in [4.69, 9.17) is 0 Å². The SMILES string of the molecule is Cc1ccc2cc(CNCC3CCC3)ccc2n1. The topological polar surface area (TPSA) is 24.9 Å². The van der Waals surface area contributed by atoms with Crippen LogP contribution in [-0.4, -0.2) is 11.5 Å². The Morgan fingerprint density at radius 2 is 2.11 bits per heavy atom. The molecule has 1 saturated carbocycles. The lowest BCUT2D eigenvalue weighted by molar-refractivity contribution is 0.301. The molecular formula is C16H20N2. The van der Waals surface area contributed by atoms with E-state index in [1.54, 1.807) is 0 Å². The van der Waals surface area contributed by atoms with Crippen molar-refractivity contribution >= 4 is 10.9 Å². The maximum Gasteiger partial charge on any atom is 0.0705 e. The molecule has 1 N–H and O–H groups in total. The molecule has 0 radical (unpaired) electrons. The Morgan fingerprint density at radius 3 is 2.89 bits per heavy atom. The molecule has 2 heteroatoms. The van der Waals surface area contributed by atoms with Crippen LogP contribution in [0.4, 0.5) is 0 Å². The fraction of sp³-hybridized carbons (Fsp3) is 0.438. The predicted molar refractivity (Wildman–Crippen MR) is 75.5 cm³/mol. The van der Waals surface area contributed by atoms with Gasteiger partial charge in [0.1, 0.15) is 0 Å². The molecule has 1 aliphatic rings. The summed E-state index contributed by atoms with van der Waals surface area (Å²) in [6.45, 7) is 4.18. The van der Waals surface area contributed by atoms with E-state index in [-0.39, 0.29) is 0 Å². The third kappa shape index (κ3) is 2.54. The van der Waals surface area contributed by atoms with Gasteiger partial charge in [0.2, 0.25) is 0 Å². The molecule has 94 valence electrons. The molecular weight excluding hydrogens is 220 g/mol. The first kappa shape index (κ1) is 11.7. The number of hydrogen-bond donors (Lipinski definition) is 1. The van der Waals surface area contributed by atoms with Gasteiger partial charge in [-0.05, 0) is 56.0 Å². The molecule has 0 atom stereocenters. The monoisotopic (exact) mass is 240 g/mol. The number of fused-ring (bicyclic) bond motifs is 1. The average molecular weight is 240 g/mol. The van der Waals surface area contributed by atoms with Crippen molar-refractivity contribution in [1.29, 1.82) is 0 Å². The van der Waals surface area contributed by atoms with Crippen LogP contribution < -0.4 is 5.32 Å². The molecule has 0 unspecified atom stereocenters. The molecule has 2 aromatic rings. The summed E-state index contributed by atoms with van der Waals surface area (Å²) < 4.78 is 0. The normalized spacial score (nSPS) is 15.8. The van der Waals surface area contributed by atoms with Crippen molar-refractivity contribution in [2.45, 2.75) is 32.7 Å². The van der Waals surface area contributed by atoms with E-state index in [9.17, 15) is 0 Å². The fourth-order valence-electron chi connectivity index (χ4n) is 2.50. The van der Waals surface area contributed by atoms with Gasteiger partial charge in [0, 0.05) is 17.6 Å². The van der Waals surface area contributed by atoms with E-state index in [1.807, 2.05) is 6.92 Å². The van der Waals surface area contributed by atoms with E-state index in [0.29, 0.717) is 0 Å². The summed E-state index contributed by atoms with van der Waals surface area (Å²) in [6, 6.07) is 10.8. The number of nitrogens with zero attached hydrogens (tertiary/aromatic N) is 1. The molecule has 0 aliphatic heterocycles. The third-order valence-corrected chi connectivity index (χ3v) is 3.88. The van der Waals surface area contributed by atoms with Gasteiger partial charge in [0.25, 0.3) is 0 Å². The molecule has 2 nitrogen and oxygen atoms in total. The van der Waals surface area contributed by atoms with Crippen molar-refractivity contribution in [3.8, 4) is 0 Å². The standard InChI is InChI=1S/C16H20N2/c1-12-5-7-15-9-14(6-8-16(15)18-12)11-17-10-13-3-2-4-13/h5-9,13,17H,2-4,10-11H2,1H3. The van der Waals surface area contributed by atoms with Gasteiger partial charge in [-0.1, -0.05) is 18.6 Å². The van der Waals surface area contributed by atoms with Crippen LogP contribution in [0.25, 0.3) is 10.9 Å². The first-order valence-electron chi connectivity index (χ1n) is 6.88. The van der Waals surface area contributed by atoms with Gasteiger partial charge < -0.3 is 5.32 Å². The van der Waals surface area contributed by atoms with Gasteiger partial charge in [-0.3, -0.25) is 4.98 Å². The highest BCUT2D eigenvalue weighted by Crippen LogP contribution is 2.25. The minimum Gasteiger partial charge on any atom is -0.312 e. The number of benzene rings is 1. The molecule has 1 aromatic heterocycles. The molecule has 1 fully saturated rings. The third-order valence-electron chi connectivity index (χ3n) is 3.88. The minimum absolute atomic E-state index is 0.926. The van der Waals surface area contributed by atoms with Crippen LogP contribution in [0.15, 0.2) is 30.3 Å². The highest BCUT2D eigenvalue weighted by Gasteiger charge is 2.16. The van der Waals surface area contributed by atoms with E-state index < -0.39 is 0 Å². The van der Waals surface area contributed by atoms with Crippen molar-refractivity contribution in [3.63, 3.8) is 0 Å². The molecule has 1 aliphatic carbocycles. The number of pyridine rings is 1. The first-order valence-corrected chi connectivity index (χ1v) is 6.88. The van der Waals surface area contributed by atoms with Crippen LogP contribution in [0, 0.1) is 12.8 Å². The van der Waals surface area contributed by atoms with Gasteiger partial charge in [0.15, 0.2) is 0 Å². The van der Waals surface area contributed by atoms with Crippen molar-refractivity contribution in [2.75, 3.05) is 6.54 Å². The quantitative estimate of drug-likeness (QED) is 0.885. The molecule has 18 heavy (non-hydrogen) atoms. The Kier molecular flexibility index (Phi) is 3.28. The summed E-state index contributed by atoms with van der Waals surface area (Å²) in [4.78, 5) is 4.53. The lowest BCUT2D eigenvalue weighted by atomic mass is 9.85. The van der Waals surface area contributed by atoms with E-state index in [0.717, 1.165) is 23.7 Å². The Hall–Kier alpha value is -1.41. The van der Waals surface area contributed by atoms with Gasteiger partial charge in [-0.2, -0.15) is 0 Å². The number of rotatable bonds is 4. The Bertz CT molecular complexity index is 544. The van der Waals surface area contributed by atoms with Crippen molar-refractivity contribution in [3.05, 3.63) is 41.6 Å². The second-order valence-corrected chi connectivity index (χ2v) is 5.41. The molecule has 1 aromatic carbocycles. The van der Waals surface area contributed by atoms with Crippen LogP contribution in [0.1, 0.15) is 30.5 Å². The highest BCUT2D eigenvalue weighted by atomic mass is 14.9. The minimum atomic E-state index is 0.926. The second-order valence-electron chi connectivity index (χ2n) is 5.41. The smallest absolute Gasteiger partial charge is 0.0705 e. The van der Waals surface area contributed by atoms with Crippen LogP contribution in [0.2, 0.25) is 0 Å². The largest absolute Gasteiger partial charge is 0.312 e. The number of nitrogens with one attached hydrogen (secondary N) is 1. The molecule has 0 amide bonds. The zero-order valence-electron chi connectivity index (χ0n) is 10.9. The molecule has 0 spiro atoms. The molecule has 3 rings (SSSR count). The molecule has 0 bridgehead atoms. The summed E-state index contributed by atoms with van der Waals surface area (Å²) >= 11 is 0. The summed E-state index contributed by atoms with van der Waals surface area (Å²) in [5, 5.41) is 4.80. The predicted octanol–water partition coefficient (Wildman–Crippen LogP) is 3.43. The van der Waals surface area contributed by atoms with E-state index in [2.05, 4.69) is 40.6 Å². The maximum absolute atomic E-state index is 4.53. The van der Waals surface area contributed by atoms with Crippen LogP contribution in [0.5, 0.6) is 0 Å². The number of aryl methyl sites for hydroxylation is 1. The second kappa shape index (κ2) is 5.07. The van der Waals surface area contributed by atoms with E-state index in [1.165, 1.54) is 36.8 Å². The van der Waals surface area contributed by atoms with Gasteiger partial charge in [-0.15, -0.1) is 0 Å². The lowest BCUT2D eigenvalue weighted by Gasteiger charge is -2.25.